The van der Waals surface area contributed by atoms with Crippen LogP contribution in [-0.2, 0) is 14.3 Å². The zero-order valence-corrected chi connectivity index (χ0v) is 16.9. The van der Waals surface area contributed by atoms with Gasteiger partial charge in [0.25, 0.3) is 11.8 Å². The Morgan fingerprint density at radius 1 is 1.03 bits per heavy atom. The SMILES string of the molecule is COc1ccc(Cl)cc1NC(=O)[C@H](C)OC(=O)CNC(=O)c1ccccc1OC. The molecule has 0 aliphatic heterocycles. The van der Waals surface area contributed by atoms with Crippen LogP contribution < -0.4 is 20.1 Å². The van der Waals surface area contributed by atoms with Gasteiger partial charge < -0.3 is 24.8 Å². The first kappa shape index (κ1) is 22.0. The number of nitrogens with one attached hydrogen (secondary N) is 2. The van der Waals surface area contributed by atoms with Crippen molar-refractivity contribution in [2.75, 3.05) is 26.1 Å². The fraction of sp³-hybridized carbons (Fsp3) is 0.250. The number of para-hydroxylation sites is 1. The number of benzene rings is 2. The lowest BCUT2D eigenvalue weighted by Crippen LogP contribution is -2.36. The molecule has 2 aromatic carbocycles. The predicted octanol–water partition coefficient (Wildman–Crippen LogP) is 2.66. The fourth-order valence-electron chi connectivity index (χ4n) is 2.38. The van der Waals surface area contributed by atoms with Crippen LogP contribution in [0.15, 0.2) is 42.5 Å². The summed E-state index contributed by atoms with van der Waals surface area (Å²) in [6.07, 6.45) is -1.10. The summed E-state index contributed by atoms with van der Waals surface area (Å²) >= 11 is 5.92. The highest BCUT2D eigenvalue weighted by Crippen LogP contribution is 2.27. The summed E-state index contributed by atoms with van der Waals surface area (Å²) in [6.45, 7) is 1.00. The molecule has 0 aliphatic carbocycles. The van der Waals surface area contributed by atoms with E-state index in [2.05, 4.69) is 10.6 Å². The molecule has 0 saturated carbocycles. The lowest BCUT2D eigenvalue weighted by Gasteiger charge is -2.15. The van der Waals surface area contributed by atoms with Gasteiger partial charge in [0.2, 0.25) is 0 Å². The van der Waals surface area contributed by atoms with Gasteiger partial charge in [-0.25, -0.2) is 0 Å². The van der Waals surface area contributed by atoms with E-state index >= 15 is 0 Å². The summed E-state index contributed by atoms with van der Waals surface area (Å²) in [5, 5.41) is 5.42. The average molecular weight is 421 g/mol. The molecule has 0 unspecified atom stereocenters. The number of carbonyl (C=O) groups is 3. The fourth-order valence-corrected chi connectivity index (χ4v) is 2.56. The van der Waals surface area contributed by atoms with Crippen LogP contribution in [0.3, 0.4) is 0 Å². The van der Waals surface area contributed by atoms with Gasteiger partial charge in [0.05, 0.1) is 25.5 Å². The molecule has 0 bridgehead atoms. The minimum atomic E-state index is -1.10. The molecule has 2 rings (SSSR count). The lowest BCUT2D eigenvalue weighted by atomic mass is 10.2. The predicted molar refractivity (Wildman–Crippen MR) is 108 cm³/mol. The van der Waals surface area contributed by atoms with Crippen molar-refractivity contribution < 1.29 is 28.6 Å². The van der Waals surface area contributed by atoms with E-state index in [0.29, 0.717) is 22.2 Å². The largest absolute Gasteiger partial charge is 0.496 e. The van der Waals surface area contributed by atoms with E-state index in [1.165, 1.54) is 27.2 Å². The van der Waals surface area contributed by atoms with Gasteiger partial charge in [-0.2, -0.15) is 0 Å². The Kier molecular flexibility index (Phi) is 7.85. The third-order valence-corrected chi connectivity index (χ3v) is 4.08. The van der Waals surface area contributed by atoms with Gasteiger partial charge >= 0.3 is 5.97 Å². The number of methoxy groups -OCH3 is 2. The van der Waals surface area contributed by atoms with Crippen molar-refractivity contribution in [1.29, 1.82) is 0 Å². The van der Waals surface area contributed by atoms with Gasteiger partial charge in [0.1, 0.15) is 18.0 Å². The van der Waals surface area contributed by atoms with E-state index < -0.39 is 30.4 Å². The first-order valence-electron chi connectivity index (χ1n) is 8.60. The topological polar surface area (TPSA) is 103 Å². The van der Waals surface area contributed by atoms with Crippen LogP contribution in [0.1, 0.15) is 17.3 Å². The summed E-state index contributed by atoms with van der Waals surface area (Å²) in [5.41, 5.74) is 0.624. The molecule has 2 N–H and O–H groups in total. The molecule has 154 valence electrons. The van der Waals surface area contributed by atoms with Crippen molar-refractivity contribution in [3.63, 3.8) is 0 Å². The van der Waals surface area contributed by atoms with Crippen LogP contribution >= 0.6 is 11.6 Å². The smallest absolute Gasteiger partial charge is 0.326 e. The van der Waals surface area contributed by atoms with Crippen molar-refractivity contribution in [3.8, 4) is 11.5 Å². The minimum Gasteiger partial charge on any atom is -0.496 e. The van der Waals surface area contributed by atoms with Gasteiger partial charge in [-0.1, -0.05) is 23.7 Å². The van der Waals surface area contributed by atoms with E-state index in [1.807, 2.05) is 0 Å². The summed E-state index contributed by atoms with van der Waals surface area (Å²) < 4.78 is 15.3. The number of anilines is 1. The van der Waals surface area contributed by atoms with Crippen molar-refractivity contribution >= 4 is 35.1 Å². The molecule has 29 heavy (non-hydrogen) atoms. The number of hydrogen-bond donors (Lipinski definition) is 2. The standard InChI is InChI=1S/C20H21ClN2O6/c1-12(19(25)23-15-10-13(21)8-9-17(15)28-3)29-18(24)11-22-20(26)14-6-4-5-7-16(14)27-2/h4-10,12H,11H2,1-3H3,(H,22,26)(H,23,25)/t12-/m0/s1. The van der Waals surface area contributed by atoms with E-state index in [9.17, 15) is 14.4 Å². The quantitative estimate of drug-likeness (QED) is 0.636. The number of hydrogen-bond acceptors (Lipinski definition) is 6. The highest BCUT2D eigenvalue weighted by molar-refractivity contribution is 6.31. The van der Waals surface area contributed by atoms with Gasteiger partial charge in [-0.15, -0.1) is 0 Å². The Bertz CT molecular complexity index is 902. The van der Waals surface area contributed by atoms with Crippen LogP contribution in [0.25, 0.3) is 0 Å². The van der Waals surface area contributed by atoms with Crippen LogP contribution in [0.4, 0.5) is 5.69 Å². The highest BCUT2D eigenvalue weighted by Gasteiger charge is 2.20. The molecule has 1 atom stereocenters. The summed E-state index contributed by atoms with van der Waals surface area (Å²) in [5.74, 6) is -1.06. The van der Waals surface area contributed by atoms with Gasteiger partial charge in [-0.05, 0) is 37.3 Å². The number of halogens is 1. The molecule has 0 aromatic heterocycles. The Hall–Kier alpha value is -3.26. The molecule has 9 heteroatoms. The second kappa shape index (κ2) is 10.3. The van der Waals surface area contributed by atoms with Crippen molar-refractivity contribution in [2.45, 2.75) is 13.0 Å². The molecular formula is C20H21ClN2O6. The van der Waals surface area contributed by atoms with Crippen molar-refractivity contribution in [3.05, 3.63) is 53.1 Å². The molecule has 0 heterocycles. The van der Waals surface area contributed by atoms with E-state index in [1.54, 1.807) is 36.4 Å². The third-order valence-electron chi connectivity index (χ3n) is 3.84. The van der Waals surface area contributed by atoms with Gasteiger partial charge in [0, 0.05) is 5.02 Å². The van der Waals surface area contributed by atoms with Crippen LogP contribution in [0.5, 0.6) is 11.5 Å². The zero-order chi connectivity index (χ0) is 21.4. The normalized spacial score (nSPS) is 11.2. The maximum absolute atomic E-state index is 12.3. The Balaban J connectivity index is 1.89. The molecule has 2 amide bonds. The zero-order valence-electron chi connectivity index (χ0n) is 16.2. The Morgan fingerprint density at radius 2 is 1.72 bits per heavy atom. The molecule has 2 aromatic rings. The monoisotopic (exact) mass is 420 g/mol. The lowest BCUT2D eigenvalue weighted by molar-refractivity contribution is -0.152. The summed E-state index contributed by atoms with van der Waals surface area (Å²) in [4.78, 5) is 36.5. The third kappa shape index (κ3) is 6.11. The Morgan fingerprint density at radius 3 is 2.41 bits per heavy atom. The second-order valence-electron chi connectivity index (χ2n) is 5.85. The average Bonchev–Trinajstić information content (AvgIpc) is 2.72. The van der Waals surface area contributed by atoms with E-state index in [0.717, 1.165) is 0 Å². The summed E-state index contributed by atoms with van der Waals surface area (Å²) in [6, 6.07) is 11.3. The second-order valence-corrected chi connectivity index (χ2v) is 6.29. The first-order valence-corrected chi connectivity index (χ1v) is 8.98. The van der Waals surface area contributed by atoms with Crippen LogP contribution in [0, 0.1) is 0 Å². The number of esters is 1. The number of carbonyl (C=O) groups excluding carboxylic acids is 3. The first-order chi connectivity index (χ1) is 13.8. The molecule has 0 radical (unpaired) electrons. The minimum absolute atomic E-state index is 0.279. The van der Waals surface area contributed by atoms with Crippen LogP contribution in [-0.4, -0.2) is 44.7 Å². The molecule has 0 fully saturated rings. The van der Waals surface area contributed by atoms with Gasteiger partial charge in [0.15, 0.2) is 6.10 Å². The van der Waals surface area contributed by atoms with Crippen molar-refractivity contribution in [2.24, 2.45) is 0 Å². The number of amides is 2. The molecule has 8 nitrogen and oxygen atoms in total. The summed E-state index contributed by atoms with van der Waals surface area (Å²) in [7, 11) is 2.89. The van der Waals surface area contributed by atoms with E-state index in [-0.39, 0.29) is 5.56 Å². The number of ether oxygens (including phenoxy) is 3. The molecular weight excluding hydrogens is 400 g/mol. The molecule has 0 spiro atoms. The Labute approximate surface area is 173 Å². The maximum atomic E-state index is 12.3. The van der Waals surface area contributed by atoms with Crippen molar-refractivity contribution in [1.82, 2.24) is 5.32 Å². The molecule has 0 aliphatic rings. The number of rotatable bonds is 8. The maximum Gasteiger partial charge on any atom is 0.326 e. The van der Waals surface area contributed by atoms with Crippen LogP contribution in [0.2, 0.25) is 5.02 Å². The molecule has 0 saturated heterocycles. The van der Waals surface area contributed by atoms with E-state index in [4.69, 9.17) is 25.8 Å². The van der Waals surface area contributed by atoms with Gasteiger partial charge in [-0.3, -0.25) is 14.4 Å². The highest BCUT2D eigenvalue weighted by atomic mass is 35.5.